The van der Waals surface area contributed by atoms with E-state index in [4.69, 9.17) is 9.90 Å². The zero-order valence-electron chi connectivity index (χ0n) is 16.2. The molecule has 1 aliphatic rings. The fourth-order valence-electron chi connectivity index (χ4n) is 2.42. The van der Waals surface area contributed by atoms with Gasteiger partial charge < -0.3 is 15.7 Å². The van der Waals surface area contributed by atoms with Crippen molar-refractivity contribution in [2.75, 3.05) is 18.4 Å². The first kappa shape index (κ1) is 22.5. The van der Waals surface area contributed by atoms with Gasteiger partial charge >= 0.3 is 12.1 Å². The minimum Gasteiger partial charge on any atom is -0.475 e. The number of hydrogen-bond donors (Lipinski definition) is 3. The minimum absolute atomic E-state index is 0.524. The number of nitrogens with one attached hydrogen (secondary N) is 2. The molecule has 164 valence electrons. The van der Waals surface area contributed by atoms with Crippen molar-refractivity contribution in [2.24, 2.45) is 0 Å². The highest BCUT2D eigenvalue weighted by molar-refractivity contribution is 7.11. The van der Waals surface area contributed by atoms with Crippen LogP contribution in [0.3, 0.4) is 0 Å². The quantitative estimate of drug-likeness (QED) is 0.534. The van der Waals surface area contributed by atoms with Gasteiger partial charge in [0.1, 0.15) is 15.8 Å². The predicted molar refractivity (Wildman–Crippen MR) is 107 cm³/mol. The molecule has 13 heteroatoms. The Morgan fingerprint density at radius 2 is 1.94 bits per heavy atom. The molecule has 0 radical (unpaired) electrons. The summed E-state index contributed by atoms with van der Waals surface area (Å²) in [7, 11) is 0. The Balaban J connectivity index is 0.000000339. The van der Waals surface area contributed by atoms with Gasteiger partial charge in [-0.25, -0.2) is 14.8 Å². The number of aromatic nitrogens is 5. The van der Waals surface area contributed by atoms with Crippen molar-refractivity contribution in [3.05, 3.63) is 46.3 Å². The largest absolute Gasteiger partial charge is 0.490 e. The van der Waals surface area contributed by atoms with E-state index in [0.29, 0.717) is 18.3 Å². The summed E-state index contributed by atoms with van der Waals surface area (Å²) in [6, 6.07) is 5.74. The van der Waals surface area contributed by atoms with Gasteiger partial charge in [-0.15, -0.1) is 10.2 Å². The van der Waals surface area contributed by atoms with E-state index in [9.17, 15) is 13.2 Å². The van der Waals surface area contributed by atoms with Gasteiger partial charge in [0.15, 0.2) is 5.82 Å². The van der Waals surface area contributed by atoms with Crippen LogP contribution in [0.15, 0.2) is 30.6 Å². The molecule has 1 saturated heterocycles. The third kappa shape index (κ3) is 6.39. The van der Waals surface area contributed by atoms with E-state index in [2.05, 4.69) is 35.8 Å². The summed E-state index contributed by atoms with van der Waals surface area (Å²) in [5, 5.41) is 24.3. The van der Waals surface area contributed by atoms with Crippen LogP contribution in [0, 0.1) is 6.92 Å². The molecule has 1 aliphatic heterocycles. The predicted octanol–water partition coefficient (Wildman–Crippen LogP) is 2.63. The molecule has 4 heterocycles. The number of aryl methyl sites for hydroxylation is 1. The highest BCUT2D eigenvalue weighted by Crippen LogP contribution is 2.24. The Labute approximate surface area is 178 Å². The van der Waals surface area contributed by atoms with Crippen molar-refractivity contribution < 1.29 is 23.1 Å². The van der Waals surface area contributed by atoms with Gasteiger partial charge in [-0.3, -0.25) is 4.98 Å². The van der Waals surface area contributed by atoms with Crippen LogP contribution in [0.25, 0.3) is 11.4 Å². The second-order valence-corrected chi connectivity index (χ2v) is 7.59. The van der Waals surface area contributed by atoms with Crippen LogP contribution in [-0.4, -0.2) is 55.5 Å². The zero-order valence-corrected chi connectivity index (χ0v) is 17.0. The van der Waals surface area contributed by atoms with E-state index in [1.165, 1.54) is 0 Å². The van der Waals surface area contributed by atoms with Crippen molar-refractivity contribution in [1.29, 1.82) is 0 Å². The molecule has 0 atom stereocenters. The molecule has 0 amide bonds. The minimum atomic E-state index is -5.08. The lowest BCUT2D eigenvalue weighted by Gasteiger charge is -2.23. The van der Waals surface area contributed by atoms with Gasteiger partial charge in [-0.05, 0) is 19.1 Å². The number of anilines is 1. The lowest BCUT2D eigenvalue weighted by Crippen LogP contribution is -2.39. The Kier molecular flexibility index (Phi) is 7.07. The van der Waals surface area contributed by atoms with E-state index in [1.807, 2.05) is 25.1 Å². The van der Waals surface area contributed by atoms with Crippen molar-refractivity contribution in [3.63, 3.8) is 0 Å². The van der Waals surface area contributed by atoms with Crippen molar-refractivity contribution in [1.82, 2.24) is 30.5 Å². The van der Waals surface area contributed by atoms with Crippen LogP contribution in [0.5, 0.6) is 0 Å². The first-order valence-electron chi connectivity index (χ1n) is 9.05. The molecule has 3 aromatic heterocycles. The molecule has 3 N–H and O–H groups in total. The van der Waals surface area contributed by atoms with Gasteiger partial charge in [-0.1, -0.05) is 11.3 Å². The third-order valence-electron chi connectivity index (χ3n) is 4.07. The Morgan fingerprint density at radius 3 is 2.52 bits per heavy atom. The average molecular weight is 453 g/mol. The number of pyridine rings is 1. The summed E-state index contributed by atoms with van der Waals surface area (Å²) in [4.78, 5) is 22.0. The van der Waals surface area contributed by atoms with Crippen LogP contribution < -0.4 is 10.6 Å². The molecule has 0 aliphatic carbocycles. The highest BCUT2D eigenvalue weighted by Gasteiger charge is 2.38. The second kappa shape index (κ2) is 9.75. The molecule has 31 heavy (non-hydrogen) atoms. The van der Waals surface area contributed by atoms with Crippen LogP contribution in [-0.2, 0) is 11.3 Å². The van der Waals surface area contributed by atoms with E-state index < -0.39 is 12.1 Å². The molecule has 0 unspecified atom stereocenters. The number of rotatable bonds is 5. The molecule has 0 saturated carbocycles. The van der Waals surface area contributed by atoms with Crippen LogP contribution in [0.4, 0.5) is 19.0 Å². The lowest BCUT2D eigenvalue weighted by molar-refractivity contribution is -0.192. The van der Waals surface area contributed by atoms with E-state index in [0.717, 1.165) is 40.2 Å². The van der Waals surface area contributed by atoms with Gasteiger partial charge in [0.2, 0.25) is 0 Å². The van der Waals surface area contributed by atoms with Crippen molar-refractivity contribution in [2.45, 2.75) is 25.6 Å². The van der Waals surface area contributed by atoms with Crippen LogP contribution in [0.1, 0.15) is 21.6 Å². The molecule has 4 rings (SSSR count). The molecule has 9 nitrogen and oxygen atoms in total. The number of carbonyl (C=O) groups is 1. The molecule has 3 aromatic rings. The number of alkyl halides is 3. The summed E-state index contributed by atoms with van der Waals surface area (Å²) in [5.74, 6) is -0.752. The molecular formula is C18H18F3N7O2S. The molecular weight excluding hydrogens is 435 g/mol. The molecule has 0 spiro atoms. The smallest absolute Gasteiger partial charge is 0.475 e. The summed E-state index contributed by atoms with van der Waals surface area (Å²) in [6.45, 7) is 4.58. The Morgan fingerprint density at radius 1 is 1.26 bits per heavy atom. The third-order valence-corrected chi connectivity index (χ3v) is 5.15. The standard InChI is InChI=1S/C16H17N7S.C2HF3O2/c1-10-6-13(21-15(20-10)11-2-4-17-5-3-11)19-9-14-22-23-16(24-14)12-7-18-8-12;3-2(4,5)1(6)7/h2-6,12,18H,7-9H2,1H3,(H,19,20,21);(H,6,7). The first-order valence-corrected chi connectivity index (χ1v) is 9.87. The zero-order chi connectivity index (χ0) is 22.4. The van der Waals surface area contributed by atoms with Crippen molar-refractivity contribution in [3.8, 4) is 11.4 Å². The van der Waals surface area contributed by atoms with Gasteiger partial charge in [0, 0.05) is 48.7 Å². The second-order valence-electron chi connectivity index (χ2n) is 6.50. The number of carboxylic acids is 1. The topological polar surface area (TPSA) is 126 Å². The fourth-order valence-corrected chi connectivity index (χ4v) is 3.30. The summed E-state index contributed by atoms with van der Waals surface area (Å²) in [5.41, 5.74) is 1.87. The maximum absolute atomic E-state index is 10.6. The van der Waals surface area contributed by atoms with E-state index >= 15 is 0 Å². The fraction of sp³-hybridized carbons (Fsp3) is 0.333. The summed E-state index contributed by atoms with van der Waals surface area (Å²) < 4.78 is 31.7. The summed E-state index contributed by atoms with van der Waals surface area (Å²) in [6.07, 6.45) is -1.60. The van der Waals surface area contributed by atoms with Crippen LogP contribution in [0.2, 0.25) is 0 Å². The number of aliphatic carboxylic acids is 1. The normalized spacial score (nSPS) is 13.7. The Bertz CT molecular complexity index is 1030. The highest BCUT2D eigenvalue weighted by atomic mass is 32.1. The molecule has 1 fully saturated rings. The first-order chi connectivity index (χ1) is 14.7. The maximum atomic E-state index is 10.6. The number of hydrogen-bond acceptors (Lipinski definition) is 9. The van der Waals surface area contributed by atoms with Gasteiger partial charge in [0.05, 0.1) is 6.54 Å². The Hall–Kier alpha value is -3.19. The molecule has 0 bridgehead atoms. The van der Waals surface area contributed by atoms with Gasteiger partial charge in [0.25, 0.3) is 0 Å². The monoisotopic (exact) mass is 453 g/mol. The SMILES string of the molecule is Cc1cc(NCc2nnc(C3CNC3)s2)nc(-c2ccncc2)n1.O=C(O)C(F)(F)F. The maximum Gasteiger partial charge on any atom is 0.490 e. The van der Waals surface area contributed by atoms with Crippen molar-refractivity contribution >= 4 is 23.1 Å². The molecule has 0 aromatic carbocycles. The van der Waals surface area contributed by atoms with Gasteiger partial charge in [-0.2, -0.15) is 13.2 Å². The van der Waals surface area contributed by atoms with E-state index in [1.54, 1.807) is 23.7 Å². The lowest BCUT2D eigenvalue weighted by atomic mass is 10.1. The summed E-state index contributed by atoms with van der Waals surface area (Å²) >= 11 is 1.66. The van der Waals surface area contributed by atoms with Crippen LogP contribution >= 0.6 is 11.3 Å². The number of halogens is 3. The number of nitrogens with zero attached hydrogens (tertiary/aromatic N) is 5. The average Bonchev–Trinajstić information content (AvgIpc) is 3.13. The van der Waals surface area contributed by atoms with E-state index in [-0.39, 0.29) is 0 Å². The number of carboxylic acid groups (broad SMARTS) is 1.